The summed E-state index contributed by atoms with van der Waals surface area (Å²) in [6.07, 6.45) is 1.75. The number of rotatable bonds is 4. The van der Waals surface area contributed by atoms with Gasteiger partial charge in [0, 0.05) is 25.5 Å². The number of anilines is 1. The predicted octanol–water partition coefficient (Wildman–Crippen LogP) is 2.66. The van der Waals surface area contributed by atoms with E-state index in [2.05, 4.69) is 36.0 Å². The molecule has 0 unspecified atom stereocenters. The molecule has 1 heterocycles. The van der Waals surface area contributed by atoms with E-state index in [1.165, 1.54) is 11.3 Å². The van der Waals surface area contributed by atoms with Crippen molar-refractivity contribution in [2.24, 2.45) is 5.73 Å². The Balaban J connectivity index is 2.19. The van der Waals surface area contributed by atoms with Gasteiger partial charge in [-0.05, 0) is 36.2 Å². The molecule has 2 rings (SSSR count). The van der Waals surface area contributed by atoms with Crippen LogP contribution in [0.5, 0.6) is 0 Å². The van der Waals surface area contributed by atoms with Crippen LogP contribution in [0.3, 0.4) is 0 Å². The fourth-order valence-corrected chi connectivity index (χ4v) is 2.17. The lowest BCUT2D eigenvalue weighted by Crippen LogP contribution is -2.18. The number of nitrogens with two attached hydrogens (primary N) is 1. The van der Waals surface area contributed by atoms with Crippen LogP contribution < -0.4 is 10.6 Å². The monoisotopic (exact) mass is 271 g/mol. The first-order valence-corrected chi connectivity index (χ1v) is 6.50. The number of hydrogen-bond acceptors (Lipinski definition) is 3. The zero-order chi connectivity index (χ0) is 13.8. The Bertz CT molecular complexity index is 595. The first kappa shape index (κ1) is 13.5. The first-order chi connectivity index (χ1) is 9.08. The van der Waals surface area contributed by atoms with E-state index in [4.69, 9.17) is 18.0 Å². The molecule has 0 saturated carbocycles. The van der Waals surface area contributed by atoms with Crippen LogP contribution in [0.2, 0.25) is 0 Å². The lowest BCUT2D eigenvalue weighted by atomic mass is 10.1. The standard InChI is InChI=1S/C15H17N3S/c1-11-5-3-4-6-14(11)18(2)10-12-7-8-17-13(9-12)15(16)19/h3-9H,10H2,1-2H3,(H2,16,19). The Morgan fingerprint density at radius 2 is 2.05 bits per heavy atom. The Hall–Kier alpha value is -1.94. The number of para-hydroxylation sites is 1. The second kappa shape index (κ2) is 5.80. The summed E-state index contributed by atoms with van der Waals surface area (Å²) < 4.78 is 0. The molecular weight excluding hydrogens is 254 g/mol. The molecule has 4 heteroatoms. The van der Waals surface area contributed by atoms with Crippen molar-refractivity contribution in [2.75, 3.05) is 11.9 Å². The number of nitrogens with zero attached hydrogens (tertiary/aromatic N) is 2. The summed E-state index contributed by atoms with van der Waals surface area (Å²) >= 11 is 4.95. The molecule has 1 aromatic carbocycles. The second-order valence-electron chi connectivity index (χ2n) is 4.56. The Morgan fingerprint density at radius 1 is 1.32 bits per heavy atom. The van der Waals surface area contributed by atoms with Crippen molar-refractivity contribution in [1.29, 1.82) is 0 Å². The van der Waals surface area contributed by atoms with Crippen LogP contribution in [0.25, 0.3) is 0 Å². The molecule has 0 aliphatic heterocycles. The molecule has 0 saturated heterocycles. The number of aromatic nitrogens is 1. The highest BCUT2D eigenvalue weighted by Gasteiger charge is 2.06. The van der Waals surface area contributed by atoms with E-state index in [0.29, 0.717) is 10.7 Å². The Morgan fingerprint density at radius 3 is 2.74 bits per heavy atom. The van der Waals surface area contributed by atoms with Crippen molar-refractivity contribution in [3.8, 4) is 0 Å². The molecule has 0 spiro atoms. The minimum atomic E-state index is 0.334. The Labute approximate surface area is 119 Å². The molecule has 0 aliphatic carbocycles. The highest BCUT2D eigenvalue weighted by molar-refractivity contribution is 7.80. The third-order valence-corrected chi connectivity index (χ3v) is 3.23. The van der Waals surface area contributed by atoms with E-state index in [1.54, 1.807) is 6.20 Å². The number of benzene rings is 1. The normalized spacial score (nSPS) is 10.2. The number of pyridine rings is 1. The van der Waals surface area contributed by atoms with Crippen molar-refractivity contribution in [2.45, 2.75) is 13.5 Å². The van der Waals surface area contributed by atoms with Crippen molar-refractivity contribution in [1.82, 2.24) is 4.98 Å². The maximum Gasteiger partial charge on any atom is 0.122 e. The van der Waals surface area contributed by atoms with Crippen molar-refractivity contribution in [3.63, 3.8) is 0 Å². The molecule has 1 aromatic heterocycles. The first-order valence-electron chi connectivity index (χ1n) is 6.09. The molecule has 0 radical (unpaired) electrons. The van der Waals surface area contributed by atoms with Gasteiger partial charge in [0.05, 0.1) is 5.69 Å². The average molecular weight is 271 g/mol. The van der Waals surface area contributed by atoms with Gasteiger partial charge in [-0.15, -0.1) is 0 Å². The molecule has 0 amide bonds. The Kier molecular flexibility index (Phi) is 4.12. The molecule has 0 fully saturated rings. The van der Waals surface area contributed by atoms with Crippen molar-refractivity contribution >= 4 is 22.9 Å². The van der Waals surface area contributed by atoms with E-state index in [1.807, 2.05) is 24.3 Å². The van der Waals surface area contributed by atoms with E-state index in [0.717, 1.165) is 12.1 Å². The number of thiocarbonyl (C=S) groups is 1. The molecule has 0 atom stereocenters. The van der Waals surface area contributed by atoms with Gasteiger partial charge in [-0.1, -0.05) is 30.4 Å². The second-order valence-corrected chi connectivity index (χ2v) is 5.00. The lowest BCUT2D eigenvalue weighted by molar-refractivity contribution is 0.913. The van der Waals surface area contributed by atoms with Crippen LogP contribution in [-0.4, -0.2) is 17.0 Å². The van der Waals surface area contributed by atoms with Crippen LogP contribution in [0.1, 0.15) is 16.8 Å². The molecule has 3 nitrogen and oxygen atoms in total. The quantitative estimate of drug-likeness (QED) is 0.868. The summed E-state index contributed by atoms with van der Waals surface area (Å²) in [5, 5.41) is 0. The fraction of sp³-hybridized carbons (Fsp3) is 0.200. The molecule has 2 aromatic rings. The highest BCUT2D eigenvalue weighted by atomic mass is 32.1. The minimum absolute atomic E-state index is 0.334. The number of aryl methyl sites for hydroxylation is 1. The SMILES string of the molecule is Cc1ccccc1N(C)Cc1ccnc(C(N)=S)c1. The van der Waals surface area contributed by atoms with Gasteiger partial charge in [0.2, 0.25) is 0 Å². The predicted molar refractivity (Wildman–Crippen MR) is 83.4 cm³/mol. The molecule has 0 aliphatic rings. The maximum absolute atomic E-state index is 5.60. The molecule has 98 valence electrons. The lowest BCUT2D eigenvalue weighted by Gasteiger charge is -2.21. The third kappa shape index (κ3) is 3.29. The van der Waals surface area contributed by atoms with E-state index < -0.39 is 0 Å². The smallest absolute Gasteiger partial charge is 0.122 e. The largest absolute Gasteiger partial charge is 0.388 e. The van der Waals surface area contributed by atoms with Gasteiger partial charge in [0.25, 0.3) is 0 Å². The summed E-state index contributed by atoms with van der Waals surface area (Å²) in [6, 6.07) is 12.2. The van der Waals surface area contributed by atoms with Crippen molar-refractivity contribution in [3.05, 3.63) is 59.4 Å². The van der Waals surface area contributed by atoms with E-state index in [9.17, 15) is 0 Å². The summed E-state index contributed by atoms with van der Waals surface area (Å²) in [6.45, 7) is 2.90. The number of hydrogen-bond donors (Lipinski definition) is 1. The van der Waals surface area contributed by atoms with Gasteiger partial charge in [0.15, 0.2) is 0 Å². The summed E-state index contributed by atoms with van der Waals surface area (Å²) in [5.74, 6) is 0. The van der Waals surface area contributed by atoms with Crippen LogP contribution in [0.4, 0.5) is 5.69 Å². The molecular formula is C15H17N3S. The van der Waals surface area contributed by atoms with Crippen LogP contribution in [0, 0.1) is 6.92 Å². The molecule has 0 bridgehead atoms. The summed E-state index contributed by atoms with van der Waals surface area (Å²) in [5.41, 5.74) is 9.89. The van der Waals surface area contributed by atoms with E-state index in [-0.39, 0.29) is 0 Å². The van der Waals surface area contributed by atoms with Crippen LogP contribution in [-0.2, 0) is 6.54 Å². The van der Waals surface area contributed by atoms with Crippen LogP contribution in [0.15, 0.2) is 42.6 Å². The van der Waals surface area contributed by atoms with Gasteiger partial charge in [0.1, 0.15) is 4.99 Å². The van der Waals surface area contributed by atoms with Gasteiger partial charge in [-0.2, -0.15) is 0 Å². The van der Waals surface area contributed by atoms with Crippen molar-refractivity contribution < 1.29 is 0 Å². The summed E-state index contributed by atoms with van der Waals surface area (Å²) in [4.78, 5) is 6.69. The average Bonchev–Trinajstić information content (AvgIpc) is 2.39. The van der Waals surface area contributed by atoms with Gasteiger partial charge >= 0.3 is 0 Å². The molecule has 19 heavy (non-hydrogen) atoms. The van der Waals surface area contributed by atoms with E-state index >= 15 is 0 Å². The summed E-state index contributed by atoms with van der Waals surface area (Å²) in [7, 11) is 2.07. The van der Waals surface area contributed by atoms with Gasteiger partial charge < -0.3 is 10.6 Å². The molecule has 2 N–H and O–H groups in total. The maximum atomic E-state index is 5.60. The third-order valence-electron chi connectivity index (χ3n) is 3.02. The fourth-order valence-electron chi connectivity index (χ4n) is 2.06. The zero-order valence-corrected chi connectivity index (χ0v) is 11.9. The zero-order valence-electron chi connectivity index (χ0n) is 11.1. The van der Waals surface area contributed by atoms with Crippen LogP contribution >= 0.6 is 12.2 Å². The van der Waals surface area contributed by atoms with Gasteiger partial charge in [-0.25, -0.2) is 0 Å². The topological polar surface area (TPSA) is 42.2 Å². The van der Waals surface area contributed by atoms with Gasteiger partial charge in [-0.3, -0.25) is 4.98 Å². The minimum Gasteiger partial charge on any atom is -0.388 e. The highest BCUT2D eigenvalue weighted by Crippen LogP contribution is 2.19.